The number of nitrogens with zero attached hydrogens (tertiary/aromatic N) is 2. The second-order valence-corrected chi connectivity index (χ2v) is 5.41. The van der Waals surface area contributed by atoms with Gasteiger partial charge >= 0.3 is 0 Å². The zero-order valence-electron chi connectivity index (χ0n) is 12.2. The standard InChI is InChI=1S/C16H15N3O2S/c1-11-10-22-16(18-11)19-15-14(7-4-8-17-15)21-13-6-3-5-12(9-13)20-2/h3-10H,1-2H3,(H,17,18,19). The minimum atomic E-state index is 0.625. The molecule has 1 N–H and O–H groups in total. The molecular weight excluding hydrogens is 298 g/mol. The molecule has 0 saturated heterocycles. The maximum Gasteiger partial charge on any atom is 0.188 e. The van der Waals surface area contributed by atoms with E-state index in [-0.39, 0.29) is 0 Å². The molecule has 0 unspecified atom stereocenters. The molecule has 22 heavy (non-hydrogen) atoms. The molecule has 1 aromatic carbocycles. The molecule has 0 atom stereocenters. The van der Waals surface area contributed by atoms with Crippen molar-refractivity contribution in [1.29, 1.82) is 0 Å². The predicted octanol–water partition coefficient (Wildman–Crippen LogP) is 4.39. The van der Waals surface area contributed by atoms with Crippen LogP contribution in [0.2, 0.25) is 0 Å². The first-order valence-electron chi connectivity index (χ1n) is 6.70. The highest BCUT2D eigenvalue weighted by atomic mass is 32.1. The molecule has 0 saturated carbocycles. The maximum atomic E-state index is 5.90. The summed E-state index contributed by atoms with van der Waals surface area (Å²) in [4.78, 5) is 8.69. The number of rotatable bonds is 5. The van der Waals surface area contributed by atoms with Crippen molar-refractivity contribution in [3.8, 4) is 17.2 Å². The van der Waals surface area contributed by atoms with Gasteiger partial charge in [0.05, 0.1) is 12.8 Å². The number of anilines is 2. The first-order valence-corrected chi connectivity index (χ1v) is 7.58. The number of aryl methyl sites for hydroxylation is 1. The highest BCUT2D eigenvalue weighted by Crippen LogP contribution is 2.31. The van der Waals surface area contributed by atoms with Crippen molar-refractivity contribution in [2.75, 3.05) is 12.4 Å². The number of thiazole rings is 1. The molecule has 0 aliphatic heterocycles. The Kier molecular flexibility index (Phi) is 4.20. The zero-order valence-corrected chi connectivity index (χ0v) is 13.1. The van der Waals surface area contributed by atoms with Crippen LogP contribution in [0.5, 0.6) is 17.2 Å². The SMILES string of the molecule is COc1cccc(Oc2cccnc2Nc2nc(C)cs2)c1. The van der Waals surface area contributed by atoms with Gasteiger partial charge in [0.2, 0.25) is 0 Å². The largest absolute Gasteiger partial charge is 0.497 e. The summed E-state index contributed by atoms with van der Waals surface area (Å²) in [7, 11) is 1.63. The van der Waals surface area contributed by atoms with Crippen molar-refractivity contribution in [3.63, 3.8) is 0 Å². The fraction of sp³-hybridized carbons (Fsp3) is 0.125. The Balaban J connectivity index is 1.84. The predicted molar refractivity (Wildman–Crippen MR) is 87.4 cm³/mol. The highest BCUT2D eigenvalue weighted by molar-refractivity contribution is 7.13. The van der Waals surface area contributed by atoms with Crippen LogP contribution in [0, 0.1) is 6.92 Å². The molecule has 0 spiro atoms. The maximum absolute atomic E-state index is 5.90. The number of hydrogen-bond acceptors (Lipinski definition) is 6. The minimum absolute atomic E-state index is 0.625. The summed E-state index contributed by atoms with van der Waals surface area (Å²) in [5, 5.41) is 5.95. The first-order chi connectivity index (χ1) is 10.7. The van der Waals surface area contributed by atoms with E-state index >= 15 is 0 Å². The molecule has 0 bridgehead atoms. The molecule has 0 aliphatic carbocycles. The van der Waals surface area contributed by atoms with Gasteiger partial charge in [0.25, 0.3) is 0 Å². The van der Waals surface area contributed by atoms with E-state index in [0.29, 0.717) is 17.3 Å². The summed E-state index contributed by atoms with van der Waals surface area (Å²) in [6.07, 6.45) is 1.71. The topological polar surface area (TPSA) is 56.3 Å². The van der Waals surface area contributed by atoms with E-state index in [2.05, 4.69) is 15.3 Å². The first kappa shape index (κ1) is 14.3. The Labute approximate surface area is 132 Å². The average Bonchev–Trinajstić information content (AvgIpc) is 2.94. The van der Waals surface area contributed by atoms with Crippen LogP contribution in [0.1, 0.15) is 5.69 Å². The van der Waals surface area contributed by atoms with Gasteiger partial charge in [0.15, 0.2) is 16.7 Å². The molecule has 0 fully saturated rings. The van der Waals surface area contributed by atoms with Crippen LogP contribution in [0.3, 0.4) is 0 Å². The van der Waals surface area contributed by atoms with Gasteiger partial charge in [0, 0.05) is 17.6 Å². The molecule has 3 rings (SSSR count). The lowest BCUT2D eigenvalue weighted by Gasteiger charge is -2.11. The molecule has 112 valence electrons. The summed E-state index contributed by atoms with van der Waals surface area (Å²) >= 11 is 1.53. The van der Waals surface area contributed by atoms with Crippen molar-refractivity contribution in [2.24, 2.45) is 0 Å². The summed E-state index contributed by atoms with van der Waals surface area (Å²) in [5.74, 6) is 2.68. The van der Waals surface area contributed by atoms with Gasteiger partial charge in [-0.25, -0.2) is 9.97 Å². The van der Waals surface area contributed by atoms with Crippen molar-refractivity contribution < 1.29 is 9.47 Å². The summed E-state index contributed by atoms with van der Waals surface area (Å²) in [6, 6.07) is 11.1. The van der Waals surface area contributed by atoms with Gasteiger partial charge in [0.1, 0.15) is 11.5 Å². The second-order valence-electron chi connectivity index (χ2n) is 4.55. The van der Waals surface area contributed by atoms with Crippen LogP contribution < -0.4 is 14.8 Å². The molecule has 2 aromatic heterocycles. The number of ether oxygens (including phenoxy) is 2. The van der Waals surface area contributed by atoms with Gasteiger partial charge < -0.3 is 14.8 Å². The third-order valence-electron chi connectivity index (χ3n) is 2.88. The monoisotopic (exact) mass is 313 g/mol. The van der Waals surface area contributed by atoms with Gasteiger partial charge in [-0.1, -0.05) is 6.07 Å². The van der Waals surface area contributed by atoms with E-state index in [1.807, 2.05) is 48.7 Å². The fourth-order valence-electron chi connectivity index (χ4n) is 1.87. The average molecular weight is 313 g/mol. The summed E-state index contributed by atoms with van der Waals surface area (Å²) in [5.41, 5.74) is 0.971. The van der Waals surface area contributed by atoms with Gasteiger partial charge in [-0.05, 0) is 31.2 Å². The Bertz CT molecular complexity index is 773. The van der Waals surface area contributed by atoms with E-state index in [4.69, 9.17) is 9.47 Å². The van der Waals surface area contributed by atoms with Crippen LogP contribution in [-0.4, -0.2) is 17.1 Å². The van der Waals surface area contributed by atoms with E-state index in [1.165, 1.54) is 11.3 Å². The number of pyridine rings is 1. The van der Waals surface area contributed by atoms with Crippen molar-refractivity contribution in [1.82, 2.24) is 9.97 Å². The van der Waals surface area contributed by atoms with Crippen molar-refractivity contribution >= 4 is 22.3 Å². The van der Waals surface area contributed by atoms with E-state index in [9.17, 15) is 0 Å². The van der Waals surface area contributed by atoms with Crippen LogP contribution in [-0.2, 0) is 0 Å². The van der Waals surface area contributed by atoms with Crippen LogP contribution in [0.15, 0.2) is 48.0 Å². The lowest BCUT2D eigenvalue weighted by molar-refractivity contribution is 0.409. The van der Waals surface area contributed by atoms with Crippen LogP contribution >= 0.6 is 11.3 Å². The number of benzene rings is 1. The third kappa shape index (κ3) is 3.35. The van der Waals surface area contributed by atoms with Gasteiger partial charge in [-0.15, -0.1) is 11.3 Å². The second kappa shape index (κ2) is 6.44. The van der Waals surface area contributed by atoms with Gasteiger partial charge in [-0.2, -0.15) is 0 Å². The number of nitrogens with one attached hydrogen (secondary N) is 1. The molecule has 0 amide bonds. The molecule has 2 heterocycles. The Morgan fingerprint density at radius 2 is 2.00 bits per heavy atom. The molecule has 0 aliphatic rings. The lowest BCUT2D eigenvalue weighted by Crippen LogP contribution is -1.96. The van der Waals surface area contributed by atoms with Gasteiger partial charge in [-0.3, -0.25) is 0 Å². The van der Waals surface area contributed by atoms with E-state index in [0.717, 1.165) is 16.6 Å². The number of methoxy groups -OCH3 is 1. The normalized spacial score (nSPS) is 10.3. The fourth-order valence-corrected chi connectivity index (χ4v) is 2.56. The number of hydrogen-bond donors (Lipinski definition) is 1. The molecular formula is C16H15N3O2S. The highest BCUT2D eigenvalue weighted by Gasteiger charge is 2.08. The Morgan fingerprint density at radius 3 is 2.77 bits per heavy atom. The third-order valence-corrected chi connectivity index (χ3v) is 3.76. The summed E-state index contributed by atoms with van der Waals surface area (Å²) < 4.78 is 11.1. The quantitative estimate of drug-likeness (QED) is 0.757. The Morgan fingerprint density at radius 1 is 1.14 bits per heavy atom. The molecule has 0 radical (unpaired) electrons. The lowest BCUT2D eigenvalue weighted by atomic mass is 10.3. The van der Waals surface area contributed by atoms with Crippen molar-refractivity contribution in [3.05, 3.63) is 53.7 Å². The molecule has 5 nitrogen and oxygen atoms in total. The van der Waals surface area contributed by atoms with Crippen molar-refractivity contribution in [2.45, 2.75) is 6.92 Å². The minimum Gasteiger partial charge on any atom is -0.497 e. The zero-order chi connectivity index (χ0) is 15.4. The van der Waals surface area contributed by atoms with E-state index in [1.54, 1.807) is 13.3 Å². The Hall–Kier alpha value is -2.60. The van der Waals surface area contributed by atoms with E-state index < -0.39 is 0 Å². The summed E-state index contributed by atoms with van der Waals surface area (Å²) in [6.45, 7) is 1.95. The smallest absolute Gasteiger partial charge is 0.188 e. The van der Waals surface area contributed by atoms with Crippen LogP contribution in [0.25, 0.3) is 0 Å². The molecule has 3 aromatic rings. The molecule has 6 heteroatoms. The number of aromatic nitrogens is 2. The van der Waals surface area contributed by atoms with Crippen LogP contribution in [0.4, 0.5) is 10.9 Å².